The lowest BCUT2D eigenvalue weighted by atomic mass is 9.97. The van der Waals surface area contributed by atoms with Crippen LogP contribution in [-0.4, -0.2) is 45.9 Å². The molecule has 7 nitrogen and oxygen atoms in total. The standard InChI is InChI=1S/C22H24N6OS/c1-15-18(3-4-19(26-15)21(29)23-2)17-6-10-28(11-7-17)14-16-5-8-24-20(13-16)27-22-25-9-12-30-22/h3-6,8-9,12-13H,7,10-11,14H2,1-2H3,(H,23,29)(H,24,25,27). The lowest BCUT2D eigenvalue weighted by molar-refractivity contribution is 0.0958. The molecule has 0 saturated heterocycles. The first-order chi connectivity index (χ1) is 14.6. The van der Waals surface area contributed by atoms with Gasteiger partial charge in [0.2, 0.25) is 0 Å². The Balaban J connectivity index is 1.40. The third-order valence-corrected chi connectivity index (χ3v) is 5.77. The number of hydrogen-bond acceptors (Lipinski definition) is 7. The number of rotatable bonds is 6. The highest BCUT2D eigenvalue weighted by molar-refractivity contribution is 7.13. The van der Waals surface area contributed by atoms with E-state index in [1.807, 2.05) is 24.6 Å². The van der Waals surface area contributed by atoms with Crippen molar-refractivity contribution in [2.75, 3.05) is 25.5 Å². The summed E-state index contributed by atoms with van der Waals surface area (Å²) in [6.45, 7) is 4.68. The number of aryl methyl sites for hydroxylation is 1. The minimum atomic E-state index is -0.158. The van der Waals surface area contributed by atoms with Crippen molar-refractivity contribution in [3.05, 3.63) is 70.6 Å². The first kappa shape index (κ1) is 20.2. The van der Waals surface area contributed by atoms with Crippen molar-refractivity contribution in [3.63, 3.8) is 0 Å². The number of nitrogens with one attached hydrogen (secondary N) is 2. The lowest BCUT2D eigenvalue weighted by Gasteiger charge is -2.27. The molecule has 0 aromatic carbocycles. The quantitative estimate of drug-likeness (QED) is 0.634. The minimum Gasteiger partial charge on any atom is -0.354 e. The van der Waals surface area contributed by atoms with Gasteiger partial charge in [-0.3, -0.25) is 9.69 Å². The Labute approximate surface area is 179 Å². The van der Waals surface area contributed by atoms with Gasteiger partial charge in [0.05, 0.1) is 0 Å². The predicted octanol–water partition coefficient (Wildman–Crippen LogP) is 3.63. The predicted molar refractivity (Wildman–Crippen MR) is 120 cm³/mol. The Bertz CT molecular complexity index is 1060. The van der Waals surface area contributed by atoms with Crippen LogP contribution in [0.5, 0.6) is 0 Å². The first-order valence-corrected chi connectivity index (χ1v) is 10.7. The molecular formula is C22H24N6OS. The van der Waals surface area contributed by atoms with E-state index in [1.54, 1.807) is 30.6 Å². The molecule has 30 heavy (non-hydrogen) atoms. The zero-order valence-corrected chi connectivity index (χ0v) is 17.9. The van der Waals surface area contributed by atoms with Crippen molar-refractivity contribution in [3.8, 4) is 0 Å². The highest BCUT2D eigenvalue weighted by Crippen LogP contribution is 2.26. The van der Waals surface area contributed by atoms with Crippen molar-refractivity contribution in [2.45, 2.75) is 19.9 Å². The van der Waals surface area contributed by atoms with Gasteiger partial charge in [0.25, 0.3) is 5.91 Å². The Kier molecular flexibility index (Phi) is 6.15. The minimum absolute atomic E-state index is 0.158. The van der Waals surface area contributed by atoms with Crippen molar-refractivity contribution in [2.24, 2.45) is 0 Å². The summed E-state index contributed by atoms with van der Waals surface area (Å²) in [6.07, 6.45) is 6.83. The van der Waals surface area contributed by atoms with Crippen LogP contribution in [0.1, 0.15) is 33.7 Å². The molecule has 3 aromatic rings. The van der Waals surface area contributed by atoms with E-state index in [1.165, 1.54) is 11.1 Å². The fraction of sp³-hybridized carbons (Fsp3) is 0.273. The molecule has 1 aliphatic rings. The van der Waals surface area contributed by atoms with Crippen LogP contribution in [0.4, 0.5) is 10.9 Å². The number of anilines is 2. The molecule has 1 aliphatic heterocycles. The monoisotopic (exact) mass is 420 g/mol. The molecule has 0 spiro atoms. The number of nitrogens with zero attached hydrogens (tertiary/aromatic N) is 4. The van der Waals surface area contributed by atoms with Gasteiger partial charge >= 0.3 is 0 Å². The molecule has 0 atom stereocenters. The van der Waals surface area contributed by atoms with Crippen LogP contribution < -0.4 is 10.6 Å². The molecule has 0 aliphatic carbocycles. The van der Waals surface area contributed by atoms with Crippen LogP contribution in [0.25, 0.3) is 5.57 Å². The molecule has 154 valence electrons. The van der Waals surface area contributed by atoms with E-state index in [0.29, 0.717) is 5.69 Å². The molecule has 0 radical (unpaired) electrons. The molecule has 0 fully saturated rings. The fourth-order valence-corrected chi connectivity index (χ4v) is 4.08. The second kappa shape index (κ2) is 9.15. The van der Waals surface area contributed by atoms with Crippen LogP contribution in [0.15, 0.2) is 48.1 Å². The first-order valence-electron chi connectivity index (χ1n) is 9.85. The van der Waals surface area contributed by atoms with Gasteiger partial charge in [0.1, 0.15) is 11.5 Å². The molecule has 4 rings (SSSR count). The Morgan fingerprint density at radius 1 is 1.23 bits per heavy atom. The van der Waals surface area contributed by atoms with Crippen LogP contribution >= 0.6 is 11.3 Å². The van der Waals surface area contributed by atoms with E-state index in [9.17, 15) is 4.79 Å². The van der Waals surface area contributed by atoms with Gasteiger partial charge in [-0.05, 0) is 48.2 Å². The van der Waals surface area contributed by atoms with E-state index in [-0.39, 0.29) is 5.91 Å². The van der Waals surface area contributed by atoms with Gasteiger partial charge in [-0.25, -0.2) is 15.0 Å². The maximum absolute atomic E-state index is 11.8. The zero-order chi connectivity index (χ0) is 20.9. The summed E-state index contributed by atoms with van der Waals surface area (Å²) < 4.78 is 0. The highest BCUT2D eigenvalue weighted by Gasteiger charge is 2.16. The number of carbonyl (C=O) groups is 1. The third-order valence-electron chi connectivity index (χ3n) is 5.08. The molecule has 2 N–H and O–H groups in total. The number of pyridine rings is 2. The molecule has 3 aromatic heterocycles. The molecule has 8 heteroatoms. The SMILES string of the molecule is CNC(=O)c1ccc(C2=CCN(Cc3ccnc(Nc4nccs4)c3)CC2)c(C)n1. The number of aromatic nitrogens is 3. The van der Waals surface area contributed by atoms with Gasteiger partial charge in [-0.2, -0.15) is 0 Å². The Morgan fingerprint density at radius 3 is 2.83 bits per heavy atom. The molecule has 4 heterocycles. The van der Waals surface area contributed by atoms with Gasteiger partial charge in [-0.15, -0.1) is 11.3 Å². The maximum atomic E-state index is 11.8. The summed E-state index contributed by atoms with van der Waals surface area (Å²) in [5, 5.41) is 8.64. The molecule has 0 saturated carbocycles. The topological polar surface area (TPSA) is 83.0 Å². The van der Waals surface area contributed by atoms with Gasteiger partial charge in [0.15, 0.2) is 5.13 Å². The molecule has 0 unspecified atom stereocenters. The van der Waals surface area contributed by atoms with Crippen molar-refractivity contribution < 1.29 is 4.79 Å². The van der Waals surface area contributed by atoms with Crippen LogP contribution in [0, 0.1) is 6.92 Å². The number of thiazole rings is 1. The largest absolute Gasteiger partial charge is 0.354 e. The smallest absolute Gasteiger partial charge is 0.269 e. The average molecular weight is 421 g/mol. The highest BCUT2D eigenvalue weighted by atomic mass is 32.1. The van der Waals surface area contributed by atoms with Crippen LogP contribution in [-0.2, 0) is 6.54 Å². The number of carbonyl (C=O) groups excluding carboxylic acids is 1. The fourth-order valence-electron chi connectivity index (χ4n) is 3.55. The van der Waals surface area contributed by atoms with E-state index in [2.05, 4.69) is 48.7 Å². The number of hydrogen-bond donors (Lipinski definition) is 2. The van der Waals surface area contributed by atoms with Crippen molar-refractivity contribution in [1.82, 2.24) is 25.2 Å². The second-order valence-corrected chi connectivity index (χ2v) is 8.03. The second-order valence-electron chi connectivity index (χ2n) is 7.13. The van der Waals surface area contributed by atoms with E-state index >= 15 is 0 Å². The summed E-state index contributed by atoms with van der Waals surface area (Å²) in [6, 6.07) is 7.93. The summed E-state index contributed by atoms with van der Waals surface area (Å²) in [5.41, 5.74) is 4.98. The molecule has 0 bridgehead atoms. The van der Waals surface area contributed by atoms with Gasteiger partial charge < -0.3 is 10.6 Å². The maximum Gasteiger partial charge on any atom is 0.269 e. The van der Waals surface area contributed by atoms with Crippen molar-refractivity contribution in [1.29, 1.82) is 0 Å². The van der Waals surface area contributed by atoms with Crippen LogP contribution in [0.3, 0.4) is 0 Å². The summed E-state index contributed by atoms with van der Waals surface area (Å²) in [7, 11) is 1.62. The van der Waals surface area contributed by atoms with Gasteiger partial charge in [-0.1, -0.05) is 12.1 Å². The molecular weight excluding hydrogens is 396 g/mol. The Hall–Kier alpha value is -3.10. The summed E-state index contributed by atoms with van der Waals surface area (Å²) >= 11 is 1.55. The van der Waals surface area contributed by atoms with E-state index in [0.717, 1.165) is 48.3 Å². The van der Waals surface area contributed by atoms with E-state index in [4.69, 9.17) is 0 Å². The summed E-state index contributed by atoms with van der Waals surface area (Å²) in [5.74, 6) is 0.656. The molecule has 1 amide bonds. The van der Waals surface area contributed by atoms with E-state index < -0.39 is 0 Å². The normalized spacial score (nSPS) is 14.3. The third kappa shape index (κ3) is 4.72. The van der Waals surface area contributed by atoms with Crippen LogP contribution in [0.2, 0.25) is 0 Å². The number of amides is 1. The Morgan fingerprint density at radius 2 is 2.13 bits per heavy atom. The van der Waals surface area contributed by atoms with Crippen molar-refractivity contribution >= 4 is 33.8 Å². The lowest BCUT2D eigenvalue weighted by Crippen LogP contribution is -2.28. The van der Waals surface area contributed by atoms with Gasteiger partial charge in [0, 0.05) is 50.1 Å². The summed E-state index contributed by atoms with van der Waals surface area (Å²) in [4.78, 5) is 27.3. The average Bonchev–Trinajstić information content (AvgIpc) is 3.27. The zero-order valence-electron chi connectivity index (χ0n) is 17.1.